The summed E-state index contributed by atoms with van der Waals surface area (Å²) < 4.78 is 33.3. The maximum atomic E-state index is 14.9. The van der Waals surface area contributed by atoms with Gasteiger partial charge in [0.1, 0.15) is 12.2 Å². The minimum absolute atomic E-state index is 0.0251. The Morgan fingerprint density at radius 1 is 1.14 bits per heavy atom. The van der Waals surface area contributed by atoms with Gasteiger partial charge < -0.3 is 24.4 Å². The molecule has 0 unspecified atom stereocenters. The van der Waals surface area contributed by atoms with Crippen molar-refractivity contribution >= 4 is 5.91 Å². The van der Waals surface area contributed by atoms with E-state index in [4.69, 9.17) is 19.2 Å². The minimum Gasteiger partial charge on any atom is -0.485 e. The number of nitrogens with one attached hydrogen (secondary N) is 1. The number of amides is 1. The quantitative estimate of drug-likeness (QED) is 0.576. The molecule has 0 radical (unpaired) electrons. The zero-order valence-corrected chi connectivity index (χ0v) is 21.4. The number of halogens is 1. The highest BCUT2D eigenvalue weighted by molar-refractivity contribution is 5.86. The normalized spacial score (nSPS) is 23.9. The summed E-state index contributed by atoms with van der Waals surface area (Å²) in [4.78, 5) is 23.5. The Bertz CT molecular complexity index is 1130. The molecule has 8 nitrogen and oxygen atoms in total. The van der Waals surface area contributed by atoms with Crippen LogP contribution in [0.5, 0.6) is 17.5 Å². The van der Waals surface area contributed by atoms with Crippen molar-refractivity contribution in [2.45, 2.75) is 69.7 Å². The number of carbonyl (C=O) groups is 1. The molecule has 2 saturated heterocycles. The van der Waals surface area contributed by atoms with Gasteiger partial charge in [-0.1, -0.05) is 0 Å². The van der Waals surface area contributed by atoms with E-state index in [-0.39, 0.29) is 23.5 Å². The lowest BCUT2D eigenvalue weighted by molar-refractivity contribution is -0.171. The number of aromatic nitrogens is 2. The van der Waals surface area contributed by atoms with E-state index in [0.717, 1.165) is 56.5 Å². The van der Waals surface area contributed by atoms with E-state index >= 15 is 0 Å². The van der Waals surface area contributed by atoms with Crippen molar-refractivity contribution in [1.29, 1.82) is 0 Å². The second kappa shape index (κ2) is 9.74. The standard InChI is InChI=1S/C28H35FN4O4/c1-2-35-24-21(6-5-12-31-24)22-7-8-23(25(32-22)37-19-9-13-30-16-19)36-20-14-27(15-20)17-33(18-27)26(34)28(29)10-3-4-11-28/h5-8,12,19-20,30H,2-4,9-11,13-18H2,1H3/t19-/m0/s1. The fourth-order valence-electron chi connectivity index (χ4n) is 6.24. The fourth-order valence-corrected chi connectivity index (χ4v) is 6.24. The number of hydrogen-bond donors (Lipinski definition) is 1. The lowest BCUT2D eigenvalue weighted by atomic mass is 9.61. The molecule has 9 heteroatoms. The van der Waals surface area contributed by atoms with Crippen LogP contribution >= 0.6 is 0 Å². The van der Waals surface area contributed by atoms with Crippen LogP contribution in [0.2, 0.25) is 0 Å². The highest BCUT2D eigenvalue weighted by atomic mass is 19.1. The van der Waals surface area contributed by atoms with E-state index in [1.165, 1.54) is 0 Å². The summed E-state index contributed by atoms with van der Waals surface area (Å²) >= 11 is 0. The van der Waals surface area contributed by atoms with Crippen LogP contribution in [0, 0.1) is 5.41 Å². The lowest BCUT2D eigenvalue weighted by Crippen LogP contribution is -2.68. The highest BCUT2D eigenvalue weighted by Crippen LogP contribution is 2.51. The first-order chi connectivity index (χ1) is 18.0. The summed E-state index contributed by atoms with van der Waals surface area (Å²) in [7, 11) is 0. The van der Waals surface area contributed by atoms with Crippen LogP contribution in [0.1, 0.15) is 51.9 Å². The first-order valence-corrected chi connectivity index (χ1v) is 13.6. The maximum absolute atomic E-state index is 14.9. The number of nitrogens with zero attached hydrogens (tertiary/aromatic N) is 3. The van der Waals surface area contributed by atoms with Gasteiger partial charge in [0.2, 0.25) is 5.88 Å². The van der Waals surface area contributed by atoms with Crippen molar-refractivity contribution in [3.8, 4) is 28.8 Å². The van der Waals surface area contributed by atoms with Gasteiger partial charge in [0.05, 0.1) is 17.9 Å². The molecule has 2 aliphatic heterocycles. The van der Waals surface area contributed by atoms with Crippen LogP contribution in [0.25, 0.3) is 11.3 Å². The van der Waals surface area contributed by atoms with Gasteiger partial charge in [-0.05, 0) is 82.7 Å². The summed E-state index contributed by atoms with van der Waals surface area (Å²) in [6, 6.07) is 7.63. The Morgan fingerprint density at radius 3 is 2.68 bits per heavy atom. The third-order valence-corrected chi connectivity index (χ3v) is 8.18. The molecule has 4 fully saturated rings. The van der Waals surface area contributed by atoms with Crippen molar-refractivity contribution in [3.05, 3.63) is 30.5 Å². The average molecular weight is 511 g/mol. The van der Waals surface area contributed by atoms with Crippen LogP contribution in [0.4, 0.5) is 4.39 Å². The smallest absolute Gasteiger partial charge is 0.260 e. The summed E-state index contributed by atoms with van der Waals surface area (Å²) in [5.41, 5.74) is -0.0526. The molecule has 0 bridgehead atoms. The molecule has 6 rings (SSSR count). The number of carbonyl (C=O) groups excluding carboxylic acids is 1. The second-order valence-electron chi connectivity index (χ2n) is 11.0. The molecule has 4 heterocycles. The third kappa shape index (κ3) is 4.74. The Morgan fingerprint density at radius 2 is 1.95 bits per heavy atom. The van der Waals surface area contributed by atoms with E-state index in [9.17, 15) is 9.18 Å². The fraction of sp³-hybridized carbons (Fsp3) is 0.607. The molecule has 198 valence electrons. The molecule has 1 amide bonds. The van der Waals surface area contributed by atoms with E-state index in [2.05, 4.69) is 10.3 Å². The van der Waals surface area contributed by atoms with E-state index in [0.29, 0.717) is 50.0 Å². The summed E-state index contributed by atoms with van der Waals surface area (Å²) in [5.74, 6) is 1.34. The van der Waals surface area contributed by atoms with Crippen molar-refractivity contribution in [3.63, 3.8) is 0 Å². The molecule has 0 aromatic carbocycles. The summed E-state index contributed by atoms with van der Waals surface area (Å²) in [6.45, 7) is 5.39. The predicted molar refractivity (Wildman–Crippen MR) is 136 cm³/mol. The van der Waals surface area contributed by atoms with E-state index in [1.54, 1.807) is 11.1 Å². The highest BCUT2D eigenvalue weighted by Gasteiger charge is 2.58. The Labute approximate surface area is 216 Å². The van der Waals surface area contributed by atoms with Crippen molar-refractivity contribution in [2.75, 3.05) is 32.8 Å². The zero-order chi connectivity index (χ0) is 25.5. The van der Waals surface area contributed by atoms with Gasteiger partial charge in [-0.2, -0.15) is 0 Å². The van der Waals surface area contributed by atoms with Crippen LogP contribution < -0.4 is 19.5 Å². The number of ether oxygens (including phenoxy) is 3. The molecule has 37 heavy (non-hydrogen) atoms. The number of alkyl halides is 1. The first kappa shape index (κ1) is 24.4. The molecule has 2 aromatic heterocycles. The first-order valence-electron chi connectivity index (χ1n) is 13.6. The summed E-state index contributed by atoms with van der Waals surface area (Å²) in [6.07, 6.45) is 6.72. The largest absolute Gasteiger partial charge is 0.485 e. The molecule has 4 aliphatic rings. The number of rotatable bonds is 8. The number of hydrogen-bond acceptors (Lipinski definition) is 7. The van der Waals surface area contributed by atoms with E-state index < -0.39 is 5.67 Å². The molecule has 1 N–H and O–H groups in total. The number of likely N-dealkylation sites (tertiary alicyclic amines) is 1. The van der Waals surface area contributed by atoms with Gasteiger partial charge >= 0.3 is 0 Å². The van der Waals surface area contributed by atoms with Gasteiger partial charge in [-0.3, -0.25) is 4.79 Å². The van der Waals surface area contributed by atoms with Crippen molar-refractivity contribution in [2.24, 2.45) is 5.41 Å². The Balaban J connectivity index is 1.13. The lowest BCUT2D eigenvalue weighted by Gasteiger charge is -2.59. The van der Waals surface area contributed by atoms with Gasteiger partial charge in [-0.25, -0.2) is 14.4 Å². The molecular formula is C28H35FN4O4. The Kier molecular flexibility index (Phi) is 6.42. The SMILES string of the molecule is CCOc1ncccc1-c1ccc(OC2CC3(C2)CN(C(=O)C2(F)CCCC2)C3)c(O[C@H]2CCNC2)n1. The monoisotopic (exact) mass is 510 g/mol. The minimum atomic E-state index is -1.63. The van der Waals surface area contributed by atoms with Crippen LogP contribution in [-0.4, -0.2) is 71.4 Å². The topological polar surface area (TPSA) is 85.8 Å². The third-order valence-electron chi connectivity index (χ3n) is 8.18. The van der Waals surface area contributed by atoms with Gasteiger partial charge in [0, 0.05) is 31.2 Å². The van der Waals surface area contributed by atoms with Gasteiger partial charge in [0.15, 0.2) is 11.4 Å². The zero-order valence-electron chi connectivity index (χ0n) is 21.4. The molecule has 1 spiro atoms. The molecule has 2 aliphatic carbocycles. The Hall–Kier alpha value is -2.94. The number of pyridine rings is 2. The van der Waals surface area contributed by atoms with Crippen LogP contribution in [-0.2, 0) is 4.79 Å². The molecule has 2 aromatic rings. The van der Waals surface area contributed by atoms with Crippen LogP contribution in [0.3, 0.4) is 0 Å². The molecule has 2 saturated carbocycles. The van der Waals surface area contributed by atoms with E-state index in [1.807, 2.05) is 31.2 Å². The second-order valence-corrected chi connectivity index (χ2v) is 11.0. The molecular weight excluding hydrogens is 475 g/mol. The van der Waals surface area contributed by atoms with Gasteiger partial charge in [-0.15, -0.1) is 0 Å². The maximum Gasteiger partial charge on any atom is 0.260 e. The van der Waals surface area contributed by atoms with Crippen molar-refractivity contribution < 1.29 is 23.4 Å². The molecule has 1 atom stereocenters. The summed E-state index contributed by atoms with van der Waals surface area (Å²) in [5, 5.41) is 3.33. The predicted octanol–water partition coefficient (Wildman–Crippen LogP) is 3.94. The van der Waals surface area contributed by atoms with Gasteiger partial charge in [0.25, 0.3) is 11.8 Å². The average Bonchev–Trinajstić information content (AvgIpc) is 3.53. The van der Waals surface area contributed by atoms with Crippen molar-refractivity contribution in [1.82, 2.24) is 20.2 Å². The van der Waals surface area contributed by atoms with Crippen LogP contribution in [0.15, 0.2) is 30.5 Å².